The van der Waals surface area contributed by atoms with Crippen LogP contribution in [0.3, 0.4) is 0 Å². The van der Waals surface area contributed by atoms with Gasteiger partial charge in [-0.15, -0.1) is 0 Å². The number of nitrogens with one attached hydrogen (secondary N) is 1. The van der Waals surface area contributed by atoms with Crippen LogP contribution in [0, 0.1) is 11.3 Å². The molecular weight excluding hydrogens is 157 g/mol. The van der Waals surface area contributed by atoms with E-state index in [2.05, 4.69) is 5.32 Å². The second-order valence-electron chi connectivity index (χ2n) is 2.05. The van der Waals surface area contributed by atoms with Crippen molar-refractivity contribution in [1.29, 1.82) is 5.26 Å². The van der Waals surface area contributed by atoms with Crippen LogP contribution in [-0.2, 0) is 0 Å². The number of halogens is 3. The Hall–Kier alpha value is -0.760. The Bertz CT molecular complexity index is 136. The van der Waals surface area contributed by atoms with Gasteiger partial charge in [0.05, 0.1) is 12.6 Å². The third-order valence-corrected chi connectivity index (χ3v) is 0.968. The number of nitriles is 1. The molecule has 0 rings (SSSR count). The minimum atomic E-state index is -4.15. The molecule has 0 atom stereocenters. The van der Waals surface area contributed by atoms with Crippen LogP contribution in [0.5, 0.6) is 0 Å². The first-order chi connectivity index (χ1) is 5.06. The fourth-order valence-electron chi connectivity index (χ4n) is 0.523. The van der Waals surface area contributed by atoms with Crippen LogP contribution in [-0.4, -0.2) is 19.3 Å². The molecule has 0 fully saturated rings. The smallest absolute Gasteiger partial charge is 0.309 e. The molecule has 2 nitrogen and oxygen atoms in total. The van der Waals surface area contributed by atoms with Gasteiger partial charge in [-0.3, -0.25) is 0 Å². The van der Waals surface area contributed by atoms with E-state index in [1.165, 1.54) is 0 Å². The molecule has 0 unspecified atom stereocenters. The minimum absolute atomic E-state index is 0.243. The zero-order valence-corrected chi connectivity index (χ0v) is 5.91. The molecule has 0 radical (unpaired) electrons. The highest BCUT2D eigenvalue weighted by molar-refractivity contribution is 4.69. The Kier molecular flexibility index (Phi) is 4.62. The van der Waals surface area contributed by atoms with E-state index >= 15 is 0 Å². The summed E-state index contributed by atoms with van der Waals surface area (Å²) in [7, 11) is 0. The fraction of sp³-hybridized carbons (Fsp3) is 0.833. The van der Waals surface area contributed by atoms with Gasteiger partial charge in [-0.1, -0.05) is 0 Å². The van der Waals surface area contributed by atoms with Gasteiger partial charge in [-0.05, 0) is 13.0 Å². The molecule has 11 heavy (non-hydrogen) atoms. The van der Waals surface area contributed by atoms with Crippen molar-refractivity contribution in [3.8, 4) is 6.07 Å². The molecule has 0 aromatic heterocycles. The van der Waals surface area contributed by atoms with E-state index in [4.69, 9.17) is 5.26 Å². The molecule has 1 N–H and O–H groups in total. The lowest BCUT2D eigenvalue weighted by Gasteiger charge is -2.06. The summed E-state index contributed by atoms with van der Waals surface area (Å²) in [4.78, 5) is 0. The Morgan fingerprint density at radius 1 is 1.36 bits per heavy atom. The van der Waals surface area contributed by atoms with E-state index in [0.717, 1.165) is 0 Å². The van der Waals surface area contributed by atoms with E-state index in [-0.39, 0.29) is 6.54 Å². The summed E-state index contributed by atoms with van der Waals surface area (Å²) in [6.45, 7) is -0.731. The van der Waals surface area contributed by atoms with Gasteiger partial charge in [0.1, 0.15) is 0 Å². The summed E-state index contributed by atoms with van der Waals surface area (Å²) in [5, 5.41) is 10.2. The van der Waals surface area contributed by atoms with Crippen LogP contribution in [0.2, 0.25) is 0 Å². The van der Waals surface area contributed by atoms with Crippen molar-refractivity contribution in [3.63, 3.8) is 0 Å². The molecular formula is C6H9F3N2. The molecule has 5 heteroatoms. The Morgan fingerprint density at radius 3 is 2.45 bits per heavy atom. The van der Waals surface area contributed by atoms with Gasteiger partial charge in [-0.25, -0.2) is 0 Å². The lowest BCUT2D eigenvalue weighted by Crippen LogP contribution is -2.29. The van der Waals surface area contributed by atoms with Crippen LogP contribution in [0.15, 0.2) is 0 Å². The second-order valence-corrected chi connectivity index (χ2v) is 2.05. The minimum Gasteiger partial charge on any atom is -0.309 e. The highest BCUT2D eigenvalue weighted by Crippen LogP contribution is 2.11. The van der Waals surface area contributed by atoms with Gasteiger partial charge in [0, 0.05) is 6.42 Å². The van der Waals surface area contributed by atoms with Gasteiger partial charge >= 0.3 is 6.18 Å². The normalized spacial score (nSPS) is 11.1. The number of rotatable bonds is 4. The Morgan fingerprint density at radius 2 is 2.00 bits per heavy atom. The van der Waals surface area contributed by atoms with Crippen molar-refractivity contribution < 1.29 is 13.2 Å². The summed E-state index contributed by atoms with van der Waals surface area (Å²) >= 11 is 0. The van der Waals surface area contributed by atoms with Gasteiger partial charge in [0.2, 0.25) is 0 Å². The molecule has 0 bridgehead atoms. The molecule has 64 valence electrons. The van der Waals surface area contributed by atoms with Crippen molar-refractivity contribution >= 4 is 0 Å². The van der Waals surface area contributed by atoms with Crippen LogP contribution < -0.4 is 5.32 Å². The number of hydrogen-bond donors (Lipinski definition) is 1. The second kappa shape index (κ2) is 4.97. The Balaban J connectivity index is 3.10. The predicted molar refractivity (Wildman–Crippen MR) is 33.8 cm³/mol. The van der Waals surface area contributed by atoms with Crippen molar-refractivity contribution in [2.45, 2.75) is 19.0 Å². The number of alkyl halides is 3. The third-order valence-electron chi connectivity index (χ3n) is 0.968. The van der Waals surface area contributed by atoms with Crippen LogP contribution in [0.4, 0.5) is 13.2 Å². The molecule has 0 amide bonds. The van der Waals surface area contributed by atoms with E-state index < -0.39 is 12.7 Å². The van der Waals surface area contributed by atoms with Crippen LogP contribution in [0.1, 0.15) is 12.8 Å². The summed E-state index contributed by atoms with van der Waals surface area (Å²) < 4.78 is 34.3. The third kappa shape index (κ3) is 9.24. The monoisotopic (exact) mass is 166 g/mol. The molecule has 0 aliphatic rings. The summed E-state index contributed by atoms with van der Waals surface area (Å²) in [5.74, 6) is 0. The molecule has 0 aromatic carbocycles. The first-order valence-electron chi connectivity index (χ1n) is 3.20. The van der Waals surface area contributed by atoms with E-state index in [1.54, 1.807) is 0 Å². The van der Waals surface area contributed by atoms with Crippen LogP contribution in [0.25, 0.3) is 0 Å². The molecule has 0 aliphatic carbocycles. The van der Waals surface area contributed by atoms with Crippen molar-refractivity contribution in [2.75, 3.05) is 13.1 Å². The molecule has 0 saturated heterocycles. The number of unbranched alkanes of at least 4 members (excludes halogenated alkanes) is 1. The maximum Gasteiger partial charge on any atom is 0.401 e. The predicted octanol–water partition coefficient (Wildman–Crippen LogP) is 1.44. The van der Waals surface area contributed by atoms with E-state index in [0.29, 0.717) is 12.8 Å². The largest absolute Gasteiger partial charge is 0.401 e. The number of hydrogen-bond acceptors (Lipinski definition) is 2. The van der Waals surface area contributed by atoms with Crippen molar-refractivity contribution in [1.82, 2.24) is 5.32 Å². The molecule has 0 saturated carbocycles. The maximum atomic E-state index is 11.4. The Labute approximate surface area is 63.0 Å². The highest BCUT2D eigenvalue weighted by Gasteiger charge is 2.25. The van der Waals surface area contributed by atoms with Crippen molar-refractivity contribution in [3.05, 3.63) is 0 Å². The fourth-order valence-corrected chi connectivity index (χ4v) is 0.523. The van der Waals surface area contributed by atoms with Gasteiger partial charge < -0.3 is 5.32 Å². The summed E-state index contributed by atoms with van der Waals surface area (Å²) in [6, 6.07) is 1.84. The van der Waals surface area contributed by atoms with Gasteiger partial charge in [-0.2, -0.15) is 18.4 Å². The lowest BCUT2D eigenvalue weighted by molar-refractivity contribution is -0.124. The lowest BCUT2D eigenvalue weighted by atomic mass is 10.3. The van der Waals surface area contributed by atoms with Gasteiger partial charge in [0.15, 0.2) is 0 Å². The number of nitrogens with zero attached hydrogens (tertiary/aromatic N) is 1. The van der Waals surface area contributed by atoms with Gasteiger partial charge in [0.25, 0.3) is 0 Å². The average Bonchev–Trinajstić information content (AvgIpc) is 1.85. The molecule has 0 aliphatic heterocycles. The quantitative estimate of drug-likeness (QED) is 0.641. The molecule has 0 spiro atoms. The average molecular weight is 166 g/mol. The van der Waals surface area contributed by atoms with E-state index in [9.17, 15) is 13.2 Å². The summed E-state index contributed by atoms with van der Waals surface area (Å²) in [5.41, 5.74) is 0. The zero-order valence-electron chi connectivity index (χ0n) is 5.91. The zero-order chi connectivity index (χ0) is 8.74. The van der Waals surface area contributed by atoms with Crippen LogP contribution >= 0.6 is 0 Å². The highest BCUT2D eigenvalue weighted by atomic mass is 19.4. The maximum absolute atomic E-state index is 11.4. The summed E-state index contributed by atoms with van der Waals surface area (Å²) in [6.07, 6.45) is -3.38. The van der Waals surface area contributed by atoms with Crippen molar-refractivity contribution in [2.24, 2.45) is 0 Å². The molecule has 0 heterocycles. The standard InChI is InChI=1S/C6H9F3N2/c7-6(8,9)5-11-4-2-1-3-10/h11H,1-2,4-5H2. The topological polar surface area (TPSA) is 35.8 Å². The first kappa shape index (κ1) is 10.2. The van der Waals surface area contributed by atoms with E-state index in [1.807, 2.05) is 6.07 Å². The SMILES string of the molecule is N#CCCCNCC(F)(F)F. The first-order valence-corrected chi connectivity index (χ1v) is 3.20. The molecule has 0 aromatic rings.